The molecule has 3 aromatic rings. The monoisotopic (exact) mass is 754 g/mol. The predicted octanol–water partition coefficient (Wildman–Crippen LogP) is 5.18. The van der Waals surface area contributed by atoms with E-state index in [2.05, 4.69) is 10.4 Å². The Labute approximate surface area is 296 Å². The Hall–Kier alpha value is -5.40. The predicted molar refractivity (Wildman–Crippen MR) is 173 cm³/mol. The van der Waals surface area contributed by atoms with Crippen LogP contribution in [0.1, 0.15) is 58.2 Å². The van der Waals surface area contributed by atoms with E-state index in [4.69, 9.17) is 19.0 Å². The van der Waals surface area contributed by atoms with E-state index in [9.17, 15) is 41.2 Å². The Morgan fingerprint density at radius 2 is 1.73 bits per heavy atom. The number of hydrazine groups is 1. The quantitative estimate of drug-likeness (QED) is 0.0792. The van der Waals surface area contributed by atoms with Crippen LogP contribution in [0.2, 0.25) is 0 Å². The molecule has 1 unspecified atom stereocenters. The van der Waals surface area contributed by atoms with Crippen molar-refractivity contribution >= 4 is 28.1 Å². The molecule has 0 saturated carbocycles. The van der Waals surface area contributed by atoms with Crippen molar-refractivity contribution < 1.29 is 60.0 Å². The number of nitrogens with zero attached hydrogens (tertiary/aromatic N) is 5. The second-order valence-electron chi connectivity index (χ2n) is 12.6. The number of esters is 1. The molecule has 1 N–H and O–H groups in total. The van der Waals surface area contributed by atoms with Gasteiger partial charge in [-0.25, -0.2) is 22.6 Å². The summed E-state index contributed by atoms with van der Waals surface area (Å²) in [7, 11) is -4.42. The number of aryl methyl sites for hydroxylation is 1. The fourth-order valence-corrected chi connectivity index (χ4v) is 5.57. The summed E-state index contributed by atoms with van der Waals surface area (Å²) in [5, 5.41) is 20.4. The van der Waals surface area contributed by atoms with Gasteiger partial charge in [0.15, 0.2) is 5.69 Å². The smallest absolute Gasteiger partial charge is 0.511 e. The van der Waals surface area contributed by atoms with Crippen molar-refractivity contribution in [3.8, 4) is 16.9 Å². The van der Waals surface area contributed by atoms with E-state index < -0.39 is 70.7 Å². The molecule has 1 fully saturated rings. The van der Waals surface area contributed by atoms with E-state index >= 15 is 0 Å². The van der Waals surface area contributed by atoms with Gasteiger partial charge in [-0.1, -0.05) is 29.8 Å². The molecule has 1 saturated heterocycles. The maximum atomic E-state index is 13.5. The minimum Gasteiger partial charge on any atom is -0.569 e. The highest BCUT2D eigenvalue weighted by molar-refractivity contribution is 7.90. The zero-order valence-electron chi connectivity index (χ0n) is 28.7. The van der Waals surface area contributed by atoms with E-state index in [0.717, 1.165) is 28.4 Å². The molecule has 1 aromatic heterocycles. The fraction of sp³-hybridized carbons (Fsp3) is 0.438. The van der Waals surface area contributed by atoms with Crippen molar-refractivity contribution in [2.24, 2.45) is 5.28 Å². The number of hydrogen-bond acceptors (Lipinski definition) is 12. The van der Waals surface area contributed by atoms with Gasteiger partial charge in [0.1, 0.15) is 18.2 Å². The van der Waals surface area contributed by atoms with Gasteiger partial charge in [-0.05, 0) is 64.4 Å². The molecule has 20 heteroatoms. The number of benzene rings is 2. The molecule has 4 rings (SSSR count). The van der Waals surface area contributed by atoms with E-state index in [0.29, 0.717) is 12.0 Å². The molecule has 1 aliphatic heterocycles. The van der Waals surface area contributed by atoms with Crippen LogP contribution in [0.5, 0.6) is 0 Å². The molecule has 52 heavy (non-hydrogen) atoms. The molecule has 0 spiro atoms. The summed E-state index contributed by atoms with van der Waals surface area (Å²) in [6.45, 7) is 8.07. The third-order valence-corrected chi connectivity index (χ3v) is 8.62. The molecule has 0 bridgehead atoms. The zero-order chi connectivity index (χ0) is 38.4. The lowest BCUT2D eigenvalue weighted by atomic mass is 10.1. The van der Waals surface area contributed by atoms with Gasteiger partial charge in [-0.3, -0.25) is 14.4 Å². The summed E-state index contributed by atoms with van der Waals surface area (Å²) in [6, 6.07) is 11.7. The first-order chi connectivity index (χ1) is 24.2. The molecule has 0 radical (unpaired) electrons. The number of halogens is 3. The Bertz CT molecular complexity index is 1890. The largest absolute Gasteiger partial charge is 0.569 e. The number of ether oxygens (including phenoxy) is 3. The lowest BCUT2D eigenvalue weighted by Crippen LogP contribution is -2.53. The van der Waals surface area contributed by atoms with Gasteiger partial charge in [-0.2, -0.15) is 18.3 Å². The van der Waals surface area contributed by atoms with Gasteiger partial charge < -0.3 is 19.4 Å². The molecule has 2 aromatic carbocycles. The van der Waals surface area contributed by atoms with Crippen molar-refractivity contribution in [2.45, 2.75) is 82.9 Å². The number of carbonyl (C=O) groups excluding carboxylic acids is 3. The maximum Gasteiger partial charge on any atom is 0.511 e. The standard InChI is InChI=1S/C32H37F3N6O10S/c1-20-6-8-22(9-7-20)26-18-27(32(33,34)35)36-40(26)23-10-12-25(13-11-23)52(46,47)37-28(42)14-15-29(43)48-19-24-16-17-39(24)41(45)38-51-21(2)49-30(44)50-31(3,4)5/h6-13,18,21,24H,14-17,19H2,1-5H3,(H,37,42)/b41-38-/t21?,24-/m0/s1. The van der Waals surface area contributed by atoms with Crippen LogP contribution in [0.25, 0.3) is 16.9 Å². The SMILES string of the molecule is Cc1ccc(-c2cc(C(F)(F)F)nn2-c2ccc(S(=O)(=O)NC(=O)CCC(=O)OC[C@@H]3CCN3/[N+]([O-])=N/OC(C)OC(=O)OC(C)(C)C)cc2)cc1. The Morgan fingerprint density at radius 3 is 2.31 bits per heavy atom. The van der Waals surface area contributed by atoms with Crippen LogP contribution in [0.15, 0.2) is 64.8 Å². The van der Waals surface area contributed by atoms with Gasteiger partial charge in [0.25, 0.3) is 16.3 Å². The highest BCUT2D eigenvalue weighted by Gasteiger charge is 2.37. The fourth-order valence-electron chi connectivity index (χ4n) is 4.56. The van der Waals surface area contributed by atoms with E-state index in [1.165, 1.54) is 24.1 Å². The number of aromatic nitrogens is 2. The number of alkyl halides is 3. The maximum absolute atomic E-state index is 13.5. The van der Waals surface area contributed by atoms with Gasteiger partial charge in [0.2, 0.25) is 11.2 Å². The van der Waals surface area contributed by atoms with E-state index in [-0.39, 0.29) is 34.4 Å². The molecular formula is C32H37F3N6O10S. The van der Waals surface area contributed by atoms with E-state index in [1.54, 1.807) is 45.0 Å². The second kappa shape index (κ2) is 15.9. The third-order valence-electron chi connectivity index (χ3n) is 7.23. The number of hydrogen-bond donors (Lipinski definition) is 1. The molecule has 1 amide bonds. The normalized spacial score (nSPS) is 15.7. The average Bonchev–Trinajstić information content (AvgIpc) is 3.48. The Kier molecular flexibility index (Phi) is 12.0. The molecule has 2 heterocycles. The summed E-state index contributed by atoms with van der Waals surface area (Å²) in [6.07, 6.45) is -7.57. The van der Waals surface area contributed by atoms with Crippen molar-refractivity contribution in [2.75, 3.05) is 13.2 Å². The van der Waals surface area contributed by atoms with Gasteiger partial charge in [0, 0.05) is 18.9 Å². The number of rotatable bonds is 13. The van der Waals surface area contributed by atoms with Gasteiger partial charge in [0.05, 0.1) is 34.2 Å². The zero-order valence-corrected chi connectivity index (χ0v) is 29.6. The minimum absolute atomic E-state index is 0.111. The molecule has 2 atom stereocenters. The highest BCUT2D eigenvalue weighted by atomic mass is 32.2. The lowest BCUT2D eigenvalue weighted by molar-refractivity contribution is -0.734. The topological polar surface area (TPSA) is 194 Å². The van der Waals surface area contributed by atoms with Crippen molar-refractivity contribution in [1.82, 2.24) is 19.5 Å². The number of sulfonamides is 1. The number of nitrogens with one attached hydrogen (secondary N) is 1. The molecule has 16 nitrogen and oxygen atoms in total. The van der Waals surface area contributed by atoms with Crippen molar-refractivity contribution in [1.29, 1.82) is 0 Å². The number of carbonyl (C=O) groups is 3. The molecule has 1 aliphatic rings. The van der Waals surface area contributed by atoms with Crippen LogP contribution in [-0.4, -0.2) is 77.3 Å². The lowest BCUT2D eigenvalue weighted by Gasteiger charge is -2.34. The van der Waals surface area contributed by atoms with Gasteiger partial charge in [-0.15, -0.1) is 5.01 Å². The summed E-state index contributed by atoms with van der Waals surface area (Å²) in [5.41, 5.74) is -0.333. The molecule has 0 aliphatic carbocycles. The third kappa shape index (κ3) is 10.8. The first-order valence-electron chi connectivity index (χ1n) is 15.8. The summed E-state index contributed by atoms with van der Waals surface area (Å²) in [4.78, 5) is 40.9. The van der Waals surface area contributed by atoms with Crippen LogP contribution in [0, 0.1) is 12.1 Å². The Morgan fingerprint density at radius 1 is 1.08 bits per heavy atom. The summed E-state index contributed by atoms with van der Waals surface area (Å²) >= 11 is 0. The van der Waals surface area contributed by atoms with Gasteiger partial charge >= 0.3 is 18.3 Å². The second-order valence-corrected chi connectivity index (χ2v) is 14.3. The number of amides is 1. The highest BCUT2D eigenvalue weighted by Crippen LogP contribution is 2.33. The molecule has 282 valence electrons. The van der Waals surface area contributed by atoms with Crippen LogP contribution >= 0.6 is 0 Å². The average molecular weight is 755 g/mol. The van der Waals surface area contributed by atoms with Crippen molar-refractivity contribution in [3.05, 3.63) is 71.1 Å². The molecular weight excluding hydrogens is 717 g/mol. The Balaban J connectivity index is 1.26. The van der Waals surface area contributed by atoms with Crippen LogP contribution in [-0.2, 0) is 44.8 Å². The van der Waals surface area contributed by atoms with Crippen LogP contribution in [0.4, 0.5) is 18.0 Å². The first kappa shape index (κ1) is 39.4. The first-order valence-corrected chi connectivity index (χ1v) is 17.3. The van der Waals surface area contributed by atoms with Crippen LogP contribution in [0.3, 0.4) is 0 Å². The minimum atomic E-state index is -4.73. The van der Waals surface area contributed by atoms with Crippen LogP contribution < -0.4 is 4.72 Å². The summed E-state index contributed by atoms with van der Waals surface area (Å²) in [5.74, 6) is -1.85. The summed E-state index contributed by atoms with van der Waals surface area (Å²) < 4.78 is 84.1. The van der Waals surface area contributed by atoms with E-state index in [1.807, 2.05) is 11.6 Å². The van der Waals surface area contributed by atoms with Crippen molar-refractivity contribution in [3.63, 3.8) is 0 Å².